The number of hydrogen-bond donors (Lipinski definition) is 3. The fraction of sp³-hybridized carbons (Fsp3) is 0.519. The molecule has 3 amide bonds. The van der Waals surface area contributed by atoms with Gasteiger partial charge < -0.3 is 26.0 Å². The van der Waals surface area contributed by atoms with Crippen LogP contribution in [0.4, 0.5) is 9.18 Å². The molecule has 0 aromatic heterocycles. The summed E-state index contributed by atoms with van der Waals surface area (Å²) in [7, 11) is 0. The molecule has 10 heteroatoms. The quantitative estimate of drug-likeness (QED) is 0.436. The van der Waals surface area contributed by atoms with E-state index >= 15 is 0 Å². The Balaban J connectivity index is 1.31. The number of hydrogen-bond acceptors (Lipinski definition) is 6. The maximum absolute atomic E-state index is 13.7. The van der Waals surface area contributed by atoms with E-state index in [1.165, 1.54) is 12.2 Å². The van der Waals surface area contributed by atoms with Gasteiger partial charge in [0, 0.05) is 50.9 Å². The van der Waals surface area contributed by atoms with Crippen LogP contribution in [0, 0.1) is 5.92 Å². The van der Waals surface area contributed by atoms with Crippen LogP contribution in [-0.4, -0.2) is 92.0 Å². The van der Waals surface area contributed by atoms with Crippen molar-refractivity contribution in [3.8, 4) is 0 Å². The van der Waals surface area contributed by atoms with Crippen LogP contribution in [0.1, 0.15) is 19.3 Å². The SMILES string of the molecule is NC1=CC=CCC1NC(=O)C1=NCC(CN(CCCN2CCOCC2)C(=O)NC2C=C(F)C=CC2)C=C1. The minimum absolute atomic E-state index is 0.0215. The molecule has 37 heavy (non-hydrogen) atoms. The first-order valence-electron chi connectivity index (χ1n) is 13.0. The number of ether oxygens (including phenoxy) is 1. The van der Waals surface area contributed by atoms with Gasteiger partial charge in [0.05, 0.1) is 25.3 Å². The van der Waals surface area contributed by atoms with Gasteiger partial charge in [0.25, 0.3) is 5.91 Å². The average molecular weight is 513 g/mol. The average Bonchev–Trinajstić information content (AvgIpc) is 2.90. The van der Waals surface area contributed by atoms with Gasteiger partial charge >= 0.3 is 6.03 Å². The summed E-state index contributed by atoms with van der Waals surface area (Å²) in [5.41, 5.74) is 6.96. The Morgan fingerprint density at radius 1 is 1.19 bits per heavy atom. The second-order valence-corrected chi connectivity index (χ2v) is 9.70. The number of dihydropyridines is 1. The number of nitrogens with one attached hydrogen (secondary N) is 2. The van der Waals surface area contributed by atoms with Crippen molar-refractivity contribution in [2.45, 2.75) is 31.3 Å². The van der Waals surface area contributed by atoms with Crippen molar-refractivity contribution < 1.29 is 18.7 Å². The summed E-state index contributed by atoms with van der Waals surface area (Å²) < 4.78 is 19.1. The highest BCUT2D eigenvalue weighted by molar-refractivity contribution is 6.43. The van der Waals surface area contributed by atoms with Crippen LogP contribution in [0.3, 0.4) is 0 Å². The molecule has 1 fully saturated rings. The predicted molar refractivity (Wildman–Crippen MR) is 142 cm³/mol. The van der Waals surface area contributed by atoms with Crippen LogP contribution in [0.2, 0.25) is 0 Å². The van der Waals surface area contributed by atoms with Gasteiger partial charge in [0.2, 0.25) is 0 Å². The normalized spacial score (nSPS) is 25.6. The Bertz CT molecular complexity index is 1010. The largest absolute Gasteiger partial charge is 0.400 e. The monoisotopic (exact) mass is 512 g/mol. The number of nitrogens with two attached hydrogens (primary N) is 1. The van der Waals surface area contributed by atoms with Crippen molar-refractivity contribution in [3.63, 3.8) is 0 Å². The van der Waals surface area contributed by atoms with E-state index in [0.717, 1.165) is 39.3 Å². The topological polar surface area (TPSA) is 112 Å². The van der Waals surface area contributed by atoms with Gasteiger partial charge in [0.15, 0.2) is 0 Å². The molecule has 4 N–H and O–H groups in total. The smallest absolute Gasteiger partial charge is 0.317 e. The molecule has 2 aliphatic carbocycles. The molecule has 3 unspecified atom stereocenters. The Morgan fingerprint density at radius 2 is 2.03 bits per heavy atom. The van der Waals surface area contributed by atoms with Crippen LogP contribution < -0.4 is 16.4 Å². The molecule has 0 spiro atoms. The summed E-state index contributed by atoms with van der Waals surface area (Å²) in [5.74, 6) is -0.621. The number of amides is 3. The molecule has 2 aliphatic heterocycles. The zero-order chi connectivity index (χ0) is 26.0. The summed E-state index contributed by atoms with van der Waals surface area (Å²) >= 11 is 0. The number of morpholine rings is 1. The summed E-state index contributed by atoms with van der Waals surface area (Å²) in [4.78, 5) is 34.4. The summed E-state index contributed by atoms with van der Waals surface area (Å²) in [6, 6.07) is -0.823. The van der Waals surface area contributed by atoms with E-state index in [-0.39, 0.29) is 35.8 Å². The highest BCUT2D eigenvalue weighted by Gasteiger charge is 2.24. The zero-order valence-electron chi connectivity index (χ0n) is 21.2. The highest BCUT2D eigenvalue weighted by Crippen LogP contribution is 2.15. The van der Waals surface area contributed by atoms with Gasteiger partial charge in [-0.1, -0.05) is 24.3 Å². The second-order valence-electron chi connectivity index (χ2n) is 9.70. The van der Waals surface area contributed by atoms with Crippen molar-refractivity contribution in [2.75, 3.05) is 52.5 Å². The molecular weight excluding hydrogens is 475 g/mol. The third kappa shape index (κ3) is 8.13. The standard InChI is InChI=1S/C27H37FN6O3/c28-21-5-3-6-22(17-21)31-27(36)34(12-4-11-33-13-15-37-16-14-33)19-20-9-10-25(30-18-20)26(35)32-24-8-2-1-7-23(24)29/h1-3,5,7,9-10,17,20,22,24H,4,6,8,11-16,18-19,29H2,(H,31,36)(H,32,35). The molecule has 2 heterocycles. The molecule has 200 valence electrons. The number of aliphatic imine (C=N–C) groups is 1. The number of nitrogens with zero attached hydrogens (tertiary/aromatic N) is 3. The fourth-order valence-corrected chi connectivity index (χ4v) is 4.71. The third-order valence-electron chi connectivity index (χ3n) is 6.84. The molecule has 0 bridgehead atoms. The number of halogens is 1. The number of allylic oxidation sites excluding steroid dienone is 4. The Morgan fingerprint density at radius 3 is 2.76 bits per heavy atom. The summed E-state index contributed by atoms with van der Waals surface area (Å²) in [6.45, 7) is 5.58. The molecule has 0 saturated carbocycles. The van der Waals surface area contributed by atoms with Crippen molar-refractivity contribution >= 4 is 17.6 Å². The van der Waals surface area contributed by atoms with Crippen LogP contribution in [-0.2, 0) is 9.53 Å². The van der Waals surface area contributed by atoms with Crippen molar-refractivity contribution in [2.24, 2.45) is 16.6 Å². The van der Waals surface area contributed by atoms with E-state index in [4.69, 9.17) is 10.5 Å². The van der Waals surface area contributed by atoms with Crippen LogP contribution in [0.5, 0.6) is 0 Å². The minimum Gasteiger partial charge on any atom is -0.400 e. The fourth-order valence-electron chi connectivity index (χ4n) is 4.71. The Labute approximate surface area is 217 Å². The second kappa shape index (κ2) is 13.3. The Kier molecular flexibility index (Phi) is 9.67. The van der Waals surface area contributed by atoms with E-state index in [9.17, 15) is 14.0 Å². The van der Waals surface area contributed by atoms with Gasteiger partial charge in [0.1, 0.15) is 11.5 Å². The summed E-state index contributed by atoms with van der Waals surface area (Å²) in [5, 5.41) is 5.87. The maximum atomic E-state index is 13.7. The van der Waals surface area contributed by atoms with Gasteiger partial charge in [-0.2, -0.15) is 0 Å². The van der Waals surface area contributed by atoms with Gasteiger partial charge in [-0.05, 0) is 43.6 Å². The van der Waals surface area contributed by atoms with E-state index in [1.807, 2.05) is 18.2 Å². The molecule has 0 radical (unpaired) electrons. The number of carbonyl (C=O) groups is 2. The van der Waals surface area contributed by atoms with Crippen molar-refractivity contribution in [1.29, 1.82) is 0 Å². The molecule has 3 atom stereocenters. The third-order valence-corrected chi connectivity index (χ3v) is 6.84. The lowest BCUT2D eigenvalue weighted by molar-refractivity contribution is -0.115. The lowest BCUT2D eigenvalue weighted by Gasteiger charge is -2.31. The zero-order valence-corrected chi connectivity index (χ0v) is 21.2. The van der Waals surface area contributed by atoms with E-state index < -0.39 is 0 Å². The van der Waals surface area contributed by atoms with Gasteiger partial charge in [-0.3, -0.25) is 14.7 Å². The molecule has 4 aliphatic rings. The number of carbonyl (C=O) groups excluding carboxylic acids is 2. The molecule has 4 rings (SSSR count). The van der Waals surface area contributed by atoms with Crippen LogP contribution in [0.15, 0.2) is 65.1 Å². The maximum Gasteiger partial charge on any atom is 0.317 e. The van der Waals surface area contributed by atoms with Crippen molar-refractivity contribution in [1.82, 2.24) is 20.4 Å². The predicted octanol–water partition coefficient (Wildman–Crippen LogP) is 1.82. The van der Waals surface area contributed by atoms with E-state index in [2.05, 4.69) is 20.5 Å². The summed E-state index contributed by atoms with van der Waals surface area (Å²) in [6.07, 6.45) is 15.9. The molecule has 0 aromatic carbocycles. The van der Waals surface area contributed by atoms with Crippen molar-refractivity contribution in [3.05, 3.63) is 60.1 Å². The molecule has 0 aromatic rings. The lowest BCUT2D eigenvalue weighted by Crippen LogP contribution is -2.48. The van der Waals surface area contributed by atoms with E-state index in [0.29, 0.717) is 43.9 Å². The molecule has 9 nitrogen and oxygen atoms in total. The number of rotatable bonds is 9. The highest BCUT2D eigenvalue weighted by atomic mass is 19.1. The minimum atomic E-state index is -0.370. The first-order valence-corrected chi connectivity index (χ1v) is 13.0. The van der Waals surface area contributed by atoms with Crippen LogP contribution in [0.25, 0.3) is 0 Å². The van der Waals surface area contributed by atoms with Gasteiger partial charge in [-0.15, -0.1) is 0 Å². The van der Waals surface area contributed by atoms with Gasteiger partial charge in [-0.25, -0.2) is 9.18 Å². The Hall–Kier alpha value is -3.24. The molecular formula is C27H37FN6O3. The first kappa shape index (κ1) is 26.8. The molecule has 1 saturated heterocycles. The number of urea groups is 1. The van der Waals surface area contributed by atoms with E-state index in [1.54, 1.807) is 23.1 Å². The lowest BCUT2D eigenvalue weighted by atomic mass is 10.0. The van der Waals surface area contributed by atoms with Crippen LogP contribution >= 0.6 is 0 Å². The first-order chi connectivity index (χ1) is 18.0.